The van der Waals surface area contributed by atoms with Gasteiger partial charge in [0.25, 0.3) is 0 Å². The number of benzene rings is 1. The topological polar surface area (TPSA) is 81.4 Å². The quantitative estimate of drug-likeness (QED) is 0.861. The lowest BCUT2D eigenvalue weighted by Gasteiger charge is -2.24. The molecule has 6 heteroatoms. The van der Waals surface area contributed by atoms with Gasteiger partial charge in [-0.2, -0.15) is 0 Å². The van der Waals surface area contributed by atoms with E-state index in [4.69, 9.17) is 10.5 Å². The number of ether oxygens (including phenoxy) is 1. The lowest BCUT2D eigenvalue weighted by Crippen LogP contribution is -2.46. The SMILES string of the molecule is Cc1c(CN)cccc1S(=O)(=O)NC1(C)CCOC1. The first-order valence-electron chi connectivity index (χ1n) is 6.28. The van der Waals surface area contributed by atoms with Crippen molar-refractivity contribution in [3.63, 3.8) is 0 Å². The highest BCUT2D eigenvalue weighted by atomic mass is 32.2. The molecular formula is C13H20N2O3S. The van der Waals surface area contributed by atoms with E-state index in [1.807, 2.05) is 13.0 Å². The van der Waals surface area contributed by atoms with Gasteiger partial charge in [-0.25, -0.2) is 13.1 Å². The summed E-state index contributed by atoms with van der Waals surface area (Å²) in [6, 6.07) is 5.17. The summed E-state index contributed by atoms with van der Waals surface area (Å²) in [5.41, 5.74) is 6.64. The second-order valence-electron chi connectivity index (χ2n) is 5.21. The van der Waals surface area contributed by atoms with Crippen LogP contribution in [0.4, 0.5) is 0 Å². The van der Waals surface area contributed by atoms with Gasteiger partial charge in [0.2, 0.25) is 10.0 Å². The second-order valence-corrected chi connectivity index (χ2v) is 6.86. The standard InChI is InChI=1S/C13H20N2O3S/c1-10-11(8-14)4-3-5-12(10)19(16,17)15-13(2)6-7-18-9-13/h3-5,15H,6-9,14H2,1-2H3. The van der Waals surface area contributed by atoms with Crippen LogP contribution in [0.25, 0.3) is 0 Å². The predicted molar refractivity (Wildman–Crippen MR) is 73.2 cm³/mol. The number of hydrogen-bond acceptors (Lipinski definition) is 4. The van der Waals surface area contributed by atoms with E-state index in [1.54, 1.807) is 19.1 Å². The van der Waals surface area contributed by atoms with Crippen molar-refractivity contribution in [2.75, 3.05) is 13.2 Å². The molecule has 1 fully saturated rings. The number of hydrogen-bond donors (Lipinski definition) is 2. The van der Waals surface area contributed by atoms with Gasteiger partial charge in [-0.1, -0.05) is 12.1 Å². The fourth-order valence-corrected chi connectivity index (χ4v) is 4.01. The normalized spacial score (nSPS) is 23.7. The summed E-state index contributed by atoms with van der Waals surface area (Å²) >= 11 is 0. The van der Waals surface area contributed by atoms with Crippen LogP contribution in [0.3, 0.4) is 0 Å². The molecule has 106 valence electrons. The van der Waals surface area contributed by atoms with Crippen LogP contribution < -0.4 is 10.5 Å². The molecule has 1 aromatic rings. The molecule has 0 radical (unpaired) electrons. The second kappa shape index (κ2) is 5.20. The van der Waals surface area contributed by atoms with Crippen LogP contribution in [-0.4, -0.2) is 27.2 Å². The summed E-state index contributed by atoms with van der Waals surface area (Å²) in [6.45, 7) is 4.96. The fraction of sp³-hybridized carbons (Fsp3) is 0.538. The summed E-state index contributed by atoms with van der Waals surface area (Å²) in [6.07, 6.45) is 0.682. The summed E-state index contributed by atoms with van der Waals surface area (Å²) in [5, 5.41) is 0. The van der Waals surface area contributed by atoms with E-state index in [1.165, 1.54) is 0 Å². The van der Waals surface area contributed by atoms with Gasteiger partial charge < -0.3 is 10.5 Å². The maximum atomic E-state index is 12.5. The van der Waals surface area contributed by atoms with Gasteiger partial charge in [0.05, 0.1) is 17.0 Å². The van der Waals surface area contributed by atoms with Crippen molar-refractivity contribution in [2.45, 2.75) is 37.2 Å². The van der Waals surface area contributed by atoms with E-state index >= 15 is 0 Å². The molecule has 1 heterocycles. The van der Waals surface area contributed by atoms with E-state index in [-0.39, 0.29) is 0 Å². The van der Waals surface area contributed by atoms with E-state index in [0.717, 1.165) is 5.56 Å². The van der Waals surface area contributed by atoms with Gasteiger partial charge in [0.15, 0.2) is 0 Å². The molecule has 0 bridgehead atoms. The van der Waals surface area contributed by atoms with Crippen LogP contribution in [0.1, 0.15) is 24.5 Å². The Morgan fingerprint density at radius 3 is 2.79 bits per heavy atom. The molecule has 1 aromatic carbocycles. The van der Waals surface area contributed by atoms with Crippen LogP contribution in [-0.2, 0) is 21.3 Å². The third-order valence-electron chi connectivity index (χ3n) is 3.51. The molecule has 0 aromatic heterocycles. The highest BCUT2D eigenvalue weighted by Gasteiger charge is 2.35. The molecule has 0 saturated carbocycles. The first-order chi connectivity index (χ1) is 8.88. The monoisotopic (exact) mass is 284 g/mol. The first kappa shape index (κ1) is 14.5. The molecule has 1 unspecified atom stereocenters. The van der Waals surface area contributed by atoms with Crippen LogP contribution in [0.5, 0.6) is 0 Å². The van der Waals surface area contributed by atoms with Gasteiger partial charge >= 0.3 is 0 Å². The Bertz CT molecular complexity index is 563. The molecule has 1 saturated heterocycles. The minimum atomic E-state index is -3.55. The summed E-state index contributed by atoms with van der Waals surface area (Å²) in [5.74, 6) is 0. The average molecular weight is 284 g/mol. The van der Waals surface area contributed by atoms with Crippen LogP contribution in [0.2, 0.25) is 0 Å². The van der Waals surface area contributed by atoms with Crippen LogP contribution >= 0.6 is 0 Å². The number of nitrogens with two attached hydrogens (primary N) is 1. The Labute approximate surface area is 114 Å². The maximum absolute atomic E-state index is 12.5. The van der Waals surface area contributed by atoms with Crippen molar-refractivity contribution in [2.24, 2.45) is 5.73 Å². The summed E-state index contributed by atoms with van der Waals surface area (Å²) in [7, 11) is -3.55. The number of nitrogens with one attached hydrogen (secondary N) is 1. The van der Waals surface area contributed by atoms with Gasteiger partial charge in [0.1, 0.15) is 0 Å². The molecule has 2 rings (SSSR count). The van der Waals surface area contributed by atoms with Crippen molar-refractivity contribution in [1.82, 2.24) is 4.72 Å². The van der Waals surface area contributed by atoms with Crippen molar-refractivity contribution >= 4 is 10.0 Å². The average Bonchev–Trinajstić information content (AvgIpc) is 2.74. The third kappa shape index (κ3) is 2.97. The summed E-state index contributed by atoms with van der Waals surface area (Å²) < 4.78 is 33.0. The Kier molecular flexibility index (Phi) is 3.96. The van der Waals surface area contributed by atoms with E-state index in [9.17, 15) is 8.42 Å². The van der Waals surface area contributed by atoms with Gasteiger partial charge in [-0.05, 0) is 37.5 Å². The minimum absolute atomic E-state index is 0.295. The molecular weight excluding hydrogens is 264 g/mol. The fourth-order valence-electron chi connectivity index (χ4n) is 2.30. The Morgan fingerprint density at radius 2 is 2.21 bits per heavy atom. The number of sulfonamides is 1. The van der Waals surface area contributed by atoms with Crippen LogP contribution in [0.15, 0.2) is 23.1 Å². The highest BCUT2D eigenvalue weighted by Crippen LogP contribution is 2.24. The Morgan fingerprint density at radius 1 is 1.47 bits per heavy atom. The van der Waals surface area contributed by atoms with Gasteiger partial charge in [-0.15, -0.1) is 0 Å². The zero-order valence-electron chi connectivity index (χ0n) is 11.3. The van der Waals surface area contributed by atoms with Gasteiger partial charge in [-0.3, -0.25) is 0 Å². The molecule has 1 aliphatic rings. The highest BCUT2D eigenvalue weighted by molar-refractivity contribution is 7.89. The predicted octanol–water partition coefficient (Wildman–Crippen LogP) is 0.911. The zero-order valence-corrected chi connectivity index (χ0v) is 12.1. The molecule has 1 atom stereocenters. The molecule has 0 amide bonds. The van der Waals surface area contributed by atoms with E-state index in [2.05, 4.69) is 4.72 Å². The third-order valence-corrected chi connectivity index (χ3v) is 5.29. The largest absolute Gasteiger partial charge is 0.379 e. The summed E-state index contributed by atoms with van der Waals surface area (Å²) in [4.78, 5) is 0.295. The van der Waals surface area contributed by atoms with Crippen LogP contribution in [0, 0.1) is 6.92 Å². The molecule has 19 heavy (non-hydrogen) atoms. The van der Waals surface area contributed by atoms with Gasteiger partial charge in [0, 0.05) is 13.2 Å². The molecule has 3 N–H and O–H groups in total. The van der Waals surface area contributed by atoms with E-state index in [0.29, 0.717) is 36.6 Å². The molecule has 5 nitrogen and oxygen atoms in total. The Hall–Kier alpha value is -0.950. The van der Waals surface area contributed by atoms with Crippen molar-refractivity contribution in [3.05, 3.63) is 29.3 Å². The van der Waals surface area contributed by atoms with Crippen molar-refractivity contribution in [1.29, 1.82) is 0 Å². The number of rotatable bonds is 4. The smallest absolute Gasteiger partial charge is 0.241 e. The molecule has 0 spiro atoms. The lowest BCUT2D eigenvalue weighted by molar-refractivity contribution is 0.178. The molecule has 1 aliphatic heterocycles. The Balaban J connectivity index is 2.34. The lowest BCUT2D eigenvalue weighted by atomic mass is 10.0. The minimum Gasteiger partial charge on any atom is -0.379 e. The van der Waals surface area contributed by atoms with E-state index < -0.39 is 15.6 Å². The van der Waals surface area contributed by atoms with Crippen molar-refractivity contribution in [3.8, 4) is 0 Å². The zero-order chi connectivity index (χ0) is 14.1. The maximum Gasteiger partial charge on any atom is 0.241 e. The first-order valence-corrected chi connectivity index (χ1v) is 7.77. The van der Waals surface area contributed by atoms with Crippen molar-refractivity contribution < 1.29 is 13.2 Å². The molecule has 0 aliphatic carbocycles.